The number of anilines is 2. The first-order valence-corrected chi connectivity index (χ1v) is 9.77. The first-order chi connectivity index (χ1) is 13.7. The summed E-state index contributed by atoms with van der Waals surface area (Å²) in [5, 5.41) is 0. The number of para-hydroxylation sites is 1. The third-order valence-corrected chi connectivity index (χ3v) is 4.84. The van der Waals surface area contributed by atoms with E-state index in [-0.39, 0.29) is 0 Å². The molecule has 1 heterocycles. The molecule has 0 fully saturated rings. The Balaban J connectivity index is 1.61. The maximum atomic E-state index is 5.85. The molecule has 2 aromatic carbocycles. The Hall–Kier alpha value is -2.92. The second-order valence-electron chi connectivity index (χ2n) is 6.57. The van der Waals surface area contributed by atoms with E-state index < -0.39 is 0 Å². The smallest absolute Gasteiger partial charge is 0.229 e. The zero-order valence-corrected chi connectivity index (χ0v) is 16.9. The SMILES string of the molecule is CCN(CC)CCOc1ccc(-c2cnc(N(C)c3ccccc3)nc2)cc1. The van der Waals surface area contributed by atoms with Crippen LogP contribution in [-0.4, -0.2) is 48.2 Å². The van der Waals surface area contributed by atoms with Crippen LogP contribution in [0.4, 0.5) is 11.6 Å². The highest BCUT2D eigenvalue weighted by Crippen LogP contribution is 2.24. The minimum absolute atomic E-state index is 0.673. The maximum absolute atomic E-state index is 5.85. The molecule has 0 spiro atoms. The summed E-state index contributed by atoms with van der Waals surface area (Å²) in [4.78, 5) is 13.4. The molecule has 3 rings (SSSR count). The molecule has 1 aromatic heterocycles. The Morgan fingerprint density at radius 2 is 1.46 bits per heavy atom. The predicted octanol–water partition coefficient (Wildman–Crippen LogP) is 4.63. The van der Waals surface area contributed by atoms with Gasteiger partial charge in [-0.15, -0.1) is 0 Å². The van der Waals surface area contributed by atoms with Gasteiger partial charge in [0, 0.05) is 37.2 Å². The van der Waals surface area contributed by atoms with E-state index in [1.165, 1.54) is 0 Å². The third-order valence-electron chi connectivity index (χ3n) is 4.84. The molecule has 0 amide bonds. The fourth-order valence-corrected chi connectivity index (χ4v) is 2.99. The Morgan fingerprint density at radius 3 is 2.07 bits per heavy atom. The molecule has 0 bridgehead atoms. The minimum atomic E-state index is 0.673. The number of nitrogens with zero attached hydrogens (tertiary/aromatic N) is 4. The lowest BCUT2D eigenvalue weighted by Crippen LogP contribution is -2.27. The lowest BCUT2D eigenvalue weighted by molar-refractivity contribution is 0.223. The van der Waals surface area contributed by atoms with Gasteiger partial charge in [0.2, 0.25) is 5.95 Å². The van der Waals surface area contributed by atoms with E-state index in [9.17, 15) is 0 Å². The van der Waals surface area contributed by atoms with Crippen LogP contribution < -0.4 is 9.64 Å². The summed E-state index contributed by atoms with van der Waals surface area (Å²) in [5.41, 5.74) is 3.12. The van der Waals surface area contributed by atoms with E-state index in [1.54, 1.807) is 0 Å². The topological polar surface area (TPSA) is 41.5 Å². The van der Waals surface area contributed by atoms with Crippen molar-refractivity contribution >= 4 is 11.6 Å². The van der Waals surface area contributed by atoms with Gasteiger partial charge in [0.15, 0.2) is 0 Å². The van der Waals surface area contributed by atoms with Gasteiger partial charge in [0.25, 0.3) is 0 Å². The molecular weight excluding hydrogens is 348 g/mol. The van der Waals surface area contributed by atoms with Crippen molar-refractivity contribution in [1.82, 2.24) is 14.9 Å². The fraction of sp³-hybridized carbons (Fsp3) is 0.304. The van der Waals surface area contributed by atoms with E-state index >= 15 is 0 Å². The molecule has 0 saturated heterocycles. The van der Waals surface area contributed by atoms with Crippen LogP contribution in [0.25, 0.3) is 11.1 Å². The van der Waals surface area contributed by atoms with Gasteiger partial charge in [0.05, 0.1) is 0 Å². The lowest BCUT2D eigenvalue weighted by Gasteiger charge is -2.18. The minimum Gasteiger partial charge on any atom is -0.492 e. The van der Waals surface area contributed by atoms with Crippen molar-refractivity contribution in [2.75, 3.05) is 38.2 Å². The van der Waals surface area contributed by atoms with Crippen LogP contribution in [0.1, 0.15) is 13.8 Å². The quantitative estimate of drug-likeness (QED) is 0.544. The van der Waals surface area contributed by atoms with Crippen LogP contribution >= 0.6 is 0 Å². The summed E-state index contributed by atoms with van der Waals surface area (Å²) in [5.74, 6) is 1.56. The Labute approximate surface area is 167 Å². The van der Waals surface area contributed by atoms with Crippen LogP contribution in [0.2, 0.25) is 0 Å². The maximum Gasteiger partial charge on any atom is 0.229 e. The van der Waals surface area contributed by atoms with E-state index in [1.807, 2.05) is 78.9 Å². The number of hydrogen-bond acceptors (Lipinski definition) is 5. The normalized spacial score (nSPS) is 10.9. The zero-order valence-electron chi connectivity index (χ0n) is 16.9. The number of aromatic nitrogens is 2. The van der Waals surface area contributed by atoms with Crippen molar-refractivity contribution in [3.8, 4) is 16.9 Å². The van der Waals surface area contributed by atoms with Gasteiger partial charge in [-0.25, -0.2) is 9.97 Å². The van der Waals surface area contributed by atoms with Crippen LogP contribution in [0.3, 0.4) is 0 Å². The Bertz CT molecular complexity index is 831. The van der Waals surface area contributed by atoms with Crippen LogP contribution in [0, 0.1) is 0 Å². The molecule has 0 aliphatic rings. The molecule has 0 aliphatic heterocycles. The monoisotopic (exact) mass is 376 g/mol. The Kier molecular flexibility index (Phi) is 6.98. The van der Waals surface area contributed by atoms with Crippen LogP contribution in [-0.2, 0) is 0 Å². The van der Waals surface area contributed by atoms with Crippen molar-refractivity contribution in [2.45, 2.75) is 13.8 Å². The van der Waals surface area contributed by atoms with Crippen molar-refractivity contribution < 1.29 is 4.74 Å². The molecular formula is C23H28N4O. The second-order valence-corrected chi connectivity index (χ2v) is 6.57. The molecule has 146 valence electrons. The summed E-state index contributed by atoms with van der Waals surface area (Å²) < 4.78 is 5.85. The first kappa shape index (κ1) is 19.8. The standard InChI is InChI=1S/C23H28N4O/c1-4-27(5-2)15-16-28-22-13-11-19(12-14-22)20-17-24-23(25-18-20)26(3)21-9-7-6-8-10-21/h6-14,17-18H,4-5,15-16H2,1-3H3. The predicted molar refractivity (Wildman–Crippen MR) is 115 cm³/mol. The summed E-state index contributed by atoms with van der Waals surface area (Å²) in [7, 11) is 1.97. The van der Waals surface area contributed by atoms with Crippen molar-refractivity contribution in [1.29, 1.82) is 0 Å². The molecule has 0 N–H and O–H groups in total. The molecule has 0 atom stereocenters. The largest absolute Gasteiger partial charge is 0.492 e. The average molecular weight is 377 g/mol. The fourth-order valence-electron chi connectivity index (χ4n) is 2.99. The van der Waals surface area contributed by atoms with E-state index in [0.29, 0.717) is 12.6 Å². The molecule has 28 heavy (non-hydrogen) atoms. The summed E-state index contributed by atoms with van der Waals surface area (Å²) in [6, 6.07) is 18.2. The van der Waals surface area contributed by atoms with E-state index in [0.717, 1.165) is 42.2 Å². The highest BCUT2D eigenvalue weighted by molar-refractivity contribution is 5.64. The van der Waals surface area contributed by atoms with Gasteiger partial charge < -0.3 is 14.5 Å². The van der Waals surface area contributed by atoms with Crippen LogP contribution in [0.15, 0.2) is 67.0 Å². The molecule has 3 aromatic rings. The number of rotatable bonds is 9. The molecule has 5 heteroatoms. The molecule has 0 saturated carbocycles. The number of benzene rings is 2. The third kappa shape index (κ3) is 5.08. The van der Waals surface area contributed by atoms with Crippen molar-refractivity contribution in [3.05, 3.63) is 67.0 Å². The van der Waals surface area contributed by atoms with Gasteiger partial charge in [-0.3, -0.25) is 0 Å². The van der Waals surface area contributed by atoms with Crippen molar-refractivity contribution in [3.63, 3.8) is 0 Å². The highest BCUT2D eigenvalue weighted by atomic mass is 16.5. The molecule has 0 unspecified atom stereocenters. The molecule has 0 radical (unpaired) electrons. The lowest BCUT2D eigenvalue weighted by atomic mass is 10.1. The average Bonchev–Trinajstić information content (AvgIpc) is 2.77. The van der Waals surface area contributed by atoms with Gasteiger partial charge in [-0.05, 0) is 42.9 Å². The summed E-state index contributed by atoms with van der Waals surface area (Å²) in [6.07, 6.45) is 3.72. The number of hydrogen-bond donors (Lipinski definition) is 0. The van der Waals surface area contributed by atoms with Gasteiger partial charge >= 0.3 is 0 Å². The van der Waals surface area contributed by atoms with Crippen LogP contribution in [0.5, 0.6) is 5.75 Å². The van der Waals surface area contributed by atoms with Gasteiger partial charge in [0.1, 0.15) is 12.4 Å². The van der Waals surface area contributed by atoms with E-state index in [2.05, 4.69) is 28.7 Å². The number of likely N-dealkylation sites (N-methyl/N-ethyl adjacent to an activating group) is 1. The molecule has 5 nitrogen and oxygen atoms in total. The Morgan fingerprint density at radius 1 is 0.821 bits per heavy atom. The second kappa shape index (κ2) is 9.85. The number of ether oxygens (including phenoxy) is 1. The van der Waals surface area contributed by atoms with E-state index in [4.69, 9.17) is 4.74 Å². The van der Waals surface area contributed by atoms with Gasteiger partial charge in [-0.2, -0.15) is 0 Å². The zero-order chi connectivity index (χ0) is 19.8. The molecule has 0 aliphatic carbocycles. The summed E-state index contributed by atoms with van der Waals surface area (Å²) in [6.45, 7) is 8.08. The highest BCUT2D eigenvalue weighted by Gasteiger charge is 2.07. The summed E-state index contributed by atoms with van der Waals surface area (Å²) >= 11 is 0. The van der Waals surface area contributed by atoms with Gasteiger partial charge in [-0.1, -0.05) is 44.2 Å². The first-order valence-electron chi connectivity index (χ1n) is 9.77. The van der Waals surface area contributed by atoms with Crippen molar-refractivity contribution in [2.24, 2.45) is 0 Å².